The van der Waals surface area contributed by atoms with Crippen LogP contribution in [0, 0.1) is 16.7 Å². The van der Waals surface area contributed by atoms with Crippen LogP contribution in [0.2, 0.25) is 0 Å². The van der Waals surface area contributed by atoms with Crippen LogP contribution < -0.4 is 9.64 Å². The van der Waals surface area contributed by atoms with Gasteiger partial charge < -0.3 is 9.64 Å². The lowest BCUT2D eigenvalue weighted by molar-refractivity contribution is -0.125. The molecule has 1 aromatic rings. The van der Waals surface area contributed by atoms with Crippen molar-refractivity contribution in [3.05, 3.63) is 24.3 Å². The highest BCUT2D eigenvalue weighted by Crippen LogP contribution is 2.34. The Hall–Kier alpha value is -2.02. The van der Waals surface area contributed by atoms with Gasteiger partial charge in [-0.3, -0.25) is 4.79 Å². The summed E-state index contributed by atoms with van der Waals surface area (Å²) in [5, 5.41) is 9.03. The molecule has 0 fully saturated rings. The minimum absolute atomic E-state index is 0.0153. The van der Waals surface area contributed by atoms with Gasteiger partial charge in [-0.25, -0.2) is 0 Å². The van der Waals surface area contributed by atoms with Gasteiger partial charge >= 0.3 is 0 Å². The maximum atomic E-state index is 12.2. The van der Waals surface area contributed by atoms with Crippen LogP contribution in [0.4, 0.5) is 5.69 Å². The molecule has 1 atom stereocenters. The zero-order valence-electron chi connectivity index (χ0n) is 12.2. The van der Waals surface area contributed by atoms with E-state index in [-0.39, 0.29) is 11.3 Å². The molecule has 106 valence electrons. The Labute approximate surface area is 120 Å². The second-order valence-corrected chi connectivity index (χ2v) is 5.82. The first-order valence-corrected chi connectivity index (χ1v) is 6.93. The number of rotatable bonds is 4. The average molecular weight is 272 g/mol. The van der Waals surface area contributed by atoms with E-state index in [9.17, 15) is 4.79 Å². The topological polar surface area (TPSA) is 53.3 Å². The molecule has 1 aliphatic heterocycles. The summed E-state index contributed by atoms with van der Waals surface area (Å²) in [4.78, 5) is 14.0. The molecule has 20 heavy (non-hydrogen) atoms. The van der Waals surface area contributed by atoms with Gasteiger partial charge in [0.05, 0.1) is 17.2 Å². The Morgan fingerprint density at radius 2 is 2.10 bits per heavy atom. The molecule has 0 aromatic heterocycles. The number of fused-ring (bicyclic) bond motifs is 1. The van der Waals surface area contributed by atoms with E-state index in [1.54, 1.807) is 11.8 Å². The van der Waals surface area contributed by atoms with E-state index in [0.717, 1.165) is 24.3 Å². The molecule has 2 rings (SSSR count). The number of carbonyl (C=O) groups excluding carboxylic acids is 1. The fourth-order valence-corrected chi connectivity index (χ4v) is 2.32. The number of nitrogens with zero attached hydrogens (tertiary/aromatic N) is 2. The molecule has 1 heterocycles. The monoisotopic (exact) mass is 272 g/mol. The highest BCUT2D eigenvalue weighted by atomic mass is 16.5. The van der Waals surface area contributed by atoms with E-state index in [0.29, 0.717) is 6.54 Å². The van der Waals surface area contributed by atoms with E-state index in [4.69, 9.17) is 10.00 Å². The zero-order valence-corrected chi connectivity index (χ0v) is 12.2. The van der Waals surface area contributed by atoms with Gasteiger partial charge in [0.25, 0.3) is 5.91 Å². The lowest BCUT2D eigenvalue weighted by Gasteiger charge is -2.33. The van der Waals surface area contributed by atoms with Gasteiger partial charge in [-0.2, -0.15) is 5.26 Å². The molecule has 0 bridgehead atoms. The summed E-state index contributed by atoms with van der Waals surface area (Å²) < 4.78 is 5.60. The second-order valence-electron chi connectivity index (χ2n) is 5.82. The maximum Gasteiger partial charge on any atom is 0.267 e. The molecule has 4 heteroatoms. The predicted molar refractivity (Wildman–Crippen MR) is 77.5 cm³/mol. The number of para-hydroxylation sites is 2. The first-order chi connectivity index (χ1) is 9.44. The number of hydrogen-bond donors (Lipinski definition) is 0. The van der Waals surface area contributed by atoms with E-state index in [2.05, 4.69) is 6.07 Å². The molecule has 1 aliphatic rings. The van der Waals surface area contributed by atoms with Crippen molar-refractivity contribution in [3.63, 3.8) is 0 Å². The summed E-state index contributed by atoms with van der Waals surface area (Å²) in [7, 11) is 0. The molecule has 0 spiro atoms. The summed E-state index contributed by atoms with van der Waals surface area (Å²) in [5.74, 6) is 0.734. The molecule has 1 amide bonds. The number of anilines is 1. The van der Waals surface area contributed by atoms with Gasteiger partial charge in [-0.1, -0.05) is 12.1 Å². The van der Waals surface area contributed by atoms with Crippen LogP contribution in [0.1, 0.15) is 33.6 Å². The summed E-state index contributed by atoms with van der Waals surface area (Å²) in [6.07, 6.45) is 1.12. The molecule has 1 aromatic carbocycles. The molecule has 0 saturated carbocycles. The SMILES string of the molecule is CC1Oc2ccccc2N(CCCC(C)(C)C#N)C1=O. The largest absolute Gasteiger partial charge is 0.479 e. The third kappa shape index (κ3) is 2.93. The highest BCUT2D eigenvalue weighted by molar-refractivity contribution is 5.99. The van der Waals surface area contributed by atoms with Gasteiger partial charge in [0.2, 0.25) is 0 Å². The first-order valence-electron chi connectivity index (χ1n) is 6.93. The smallest absolute Gasteiger partial charge is 0.267 e. The number of nitriles is 1. The number of amides is 1. The lowest BCUT2D eigenvalue weighted by atomic mass is 9.89. The normalized spacial score (nSPS) is 18.2. The molecular weight excluding hydrogens is 252 g/mol. The number of carbonyl (C=O) groups is 1. The quantitative estimate of drug-likeness (QED) is 0.846. The number of hydrogen-bond acceptors (Lipinski definition) is 3. The van der Waals surface area contributed by atoms with Crippen LogP contribution in [0.25, 0.3) is 0 Å². The summed E-state index contributed by atoms with van der Waals surface area (Å²) in [5.41, 5.74) is 0.478. The van der Waals surface area contributed by atoms with Crippen molar-refractivity contribution in [2.75, 3.05) is 11.4 Å². The number of ether oxygens (including phenoxy) is 1. The molecule has 0 radical (unpaired) electrons. The highest BCUT2D eigenvalue weighted by Gasteiger charge is 2.31. The van der Waals surface area contributed by atoms with Crippen molar-refractivity contribution < 1.29 is 9.53 Å². The fourth-order valence-electron chi connectivity index (χ4n) is 2.32. The van der Waals surface area contributed by atoms with Gasteiger partial charge in [0.1, 0.15) is 5.75 Å². The van der Waals surface area contributed by atoms with E-state index >= 15 is 0 Å². The number of benzene rings is 1. The summed E-state index contributed by atoms with van der Waals surface area (Å²) >= 11 is 0. The van der Waals surface area contributed by atoms with E-state index in [1.807, 2.05) is 38.1 Å². The minimum Gasteiger partial charge on any atom is -0.479 e. The molecular formula is C16H20N2O2. The van der Waals surface area contributed by atoms with Crippen LogP contribution in [0.15, 0.2) is 24.3 Å². The van der Waals surface area contributed by atoms with Crippen LogP contribution in [0.3, 0.4) is 0 Å². The van der Waals surface area contributed by atoms with Crippen LogP contribution in [-0.2, 0) is 4.79 Å². The van der Waals surface area contributed by atoms with Crippen LogP contribution in [-0.4, -0.2) is 18.6 Å². The second kappa shape index (κ2) is 5.54. The third-order valence-corrected chi connectivity index (χ3v) is 3.56. The molecule has 1 unspecified atom stereocenters. The molecule has 4 nitrogen and oxygen atoms in total. The maximum absolute atomic E-state index is 12.2. The van der Waals surface area contributed by atoms with Crippen molar-refractivity contribution in [1.29, 1.82) is 5.26 Å². The Morgan fingerprint density at radius 3 is 2.80 bits per heavy atom. The molecule has 0 aliphatic carbocycles. The lowest BCUT2D eigenvalue weighted by Crippen LogP contribution is -2.45. The van der Waals surface area contributed by atoms with E-state index < -0.39 is 6.10 Å². The van der Waals surface area contributed by atoms with E-state index in [1.165, 1.54) is 0 Å². The van der Waals surface area contributed by atoms with Gasteiger partial charge in [0.15, 0.2) is 6.10 Å². The third-order valence-electron chi connectivity index (χ3n) is 3.56. The predicted octanol–water partition coefficient (Wildman–Crippen LogP) is 3.13. The Bertz CT molecular complexity index is 546. The van der Waals surface area contributed by atoms with Crippen LogP contribution >= 0.6 is 0 Å². The molecule has 0 saturated heterocycles. The Morgan fingerprint density at radius 1 is 1.40 bits per heavy atom. The summed E-state index contributed by atoms with van der Waals surface area (Å²) in [6, 6.07) is 9.87. The van der Waals surface area contributed by atoms with Gasteiger partial charge in [-0.15, -0.1) is 0 Å². The Balaban J connectivity index is 2.11. The van der Waals surface area contributed by atoms with Gasteiger partial charge in [-0.05, 0) is 45.7 Å². The average Bonchev–Trinajstić information content (AvgIpc) is 2.43. The summed E-state index contributed by atoms with van der Waals surface area (Å²) in [6.45, 7) is 6.23. The van der Waals surface area contributed by atoms with Crippen molar-refractivity contribution in [2.24, 2.45) is 5.41 Å². The standard InChI is InChI=1S/C16H20N2O2/c1-12-15(19)18(10-6-9-16(2,3)11-17)13-7-4-5-8-14(13)20-12/h4-5,7-8,12H,6,9-10H2,1-3H3. The van der Waals surface area contributed by atoms with Crippen LogP contribution in [0.5, 0.6) is 5.75 Å². The van der Waals surface area contributed by atoms with Crippen molar-refractivity contribution in [3.8, 4) is 11.8 Å². The Kier molecular flexibility index (Phi) is 3.99. The van der Waals surface area contributed by atoms with Crippen molar-refractivity contribution in [1.82, 2.24) is 0 Å². The molecule has 0 N–H and O–H groups in total. The fraction of sp³-hybridized carbons (Fsp3) is 0.500. The first kappa shape index (κ1) is 14.4. The van der Waals surface area contributed by atoms with Gasteiger partial charge in [0, 0.05) is 6.54 Å². The zero-order chi connectivity index (χ0) is 14.8. The van der Waals surface area contributed by atoms with Crippen molar-refractivity contribution >= 4 is 11.6 Å². The van der Waals surface area contributed by atoms with Crippen molar-refractivity contribution in [2.45, 2.75) is 39.7 Å². The minimum atomic E-state index is -0.450.